The SMILES string of the molecule is COc1cc(/C=C(\C#N)C(=O)Nc2ccc(C)cc2[N+](=O)[O-])ccc1OCc1ccc(Cl)cc1Cl. The summed E-state index contributed by atoms with van der Waals surface area (Å²) < 4.78 is 11.2. The highest BCUT2D eigenvalue weighted by Gasteiger charge is 2.18. The highest BCUT2D eigenvalue weighted by molar-refractivity contribution is 6.35. The molecule has 0 heterocycles. The summed E-state index contributed by atoms with van der Waals surface area (Å²) in [5, 5.41) is 24.2. The van der Waals surface area contributed by atoms with Gasteiger partial charge in [0.1, 0.15) is 23.9 Å². The van der Waals surface area contributed by atoms with Crippen LogP contribution in [-0.4, -0.2) is 17.9 Å². The van der Waals surface area contributed by atoms with Gasteiger partial charge in [0, 0.05) is 21.7 Å². The van der Waals surface area contributed by atoms with Crippen molar-refractivity contribution in [3.05, 3.63) is 97.0 Å². The van der Waals surface area contributed by atoms with Crippen LogP contribution < -0.4 is 14.8 Å². The van der Waals surface area contributed by atoms with E-state index < -0.39 is 10.8 Å². The number of halogens is 2. The lowest BCUT2D eigenvalue weighted by atomic mass is 10.1. The van der Waals surface area contributed by atoms with E-state index in [0.29, 0.717) is 32.7 Å². The molecular formula is C25H19Cl2N3O5. The number of nitrogens with one attached hydrogen (secondary N) is 1. The molecule has 0 saturated heterocycles. The molecule has 0 aliphatic heterocycles. The van der Waals surface area contributed by atoms with Crippen molar-refractivity contribution >= 4 is 46.6 Å². The third-order valence-electron chi connectivity index (χ3n) is 4.86. The molecule has 8 nitrogen and oxygen atoms in total. The van der Waals surface area contributed by atoms with E-state index in [9.17, 15) is 20.2 Å². The Morgan fingerprint density at radius 2 is 1.91 bits per heavy atom. The predicted molar refractivity (Wildman–Crippen MR) is 134 cm³/mol. The Labute approximate surface area is 211 Å². The van der Waals surface area contributed by atoms with E-state index in [1.807, 2.05) is 6.07 Å². The zero-order valence-corrected chi connectivity index (χ0v) is 20.2. The Kier molecular flexibility index (Phi) is 8.31. The van der Waals surface area contributed by atoms with Gasteiger partial charge in [0.15, 0.2) is 11.5 Å². The molecule has 0 bridgehead atoms. The van der Waals surface area contributed by atoms with Gasteiger partial charge in [0.2, 0.25) is 0 Å². The number of aryl methyl sites for hydroxylation is 1. The van der Waals surface area contributed by atoms with E-state index in [0.717, 1.165) is 5.56 Å². The Bertz CT molecular complexity index is 1370. The molecule has 0 unspecified atom stereocenters. The van der Waals surface area contributed by atoms with Crippen LogP contribution in [0.15, 0.2) is 60.2 Å². The Morgan fingerprint density at radius 3 is 2.57 bits per heavy atom. The molecule has 1 N–H and O–H groups in total. The van der Waals surface area contributed by atoms with Gasteiger partial charge in [0.05, 0.1) is 12.0 Å². The van der Waals surface area contributed by atoms with Crippen molar-refractivity contribution in [1.29, 1.82) is 5.26 Å². The number of benzene rings is 3. The first kappa shape index (κ1) is 25.6. The number of amides is 1. The number of nitriles is 1. The molecule has 3 aromatic rings. The largest absolute Gasteiger partial charge is 0.493 e. The van der Waals surface area contributed by atoms with Crippen LogP contribution in [0.1, 0.15) is 16.7 Å². The molecule has 0 fully saturated rings. The van der Waals surface area contributed by atoms with Gasteiger partial charge in [-0.15, -0.1) is 0 Å². The first-order valence-electron chi connectivity index (χ1n) is 10.1. The average Bonchev–Trinajstić information content (AvgIpc) is 2.83. The zero-order valence-electron chi connectivity index (χ0n) is 18.7. The lowest BCUT2D eigenvalue weighted by Gasteiger charge is -2.12. The van der Waals surface area contributed by atoms with Crippen molar-refractivity contribution in [3.63, 3.8) is 0 Å². The van der Waals surface area contributed by atoms with Crippen LogP contribution in [0.4, 0.5) is 11.4 Å². The van der Waals surface area contributed by atoms with Crippen molar-refractivity contribution in [2.75, 3.05) is 12.4 Å². The lowest BCUT2D eigenvalue weighted by Crippen LogP contribution is -2.14. The second-order valence-corrected chi connectivity index (χ2v) is 8.18. The van der Waals surface area contributed by atoms with Crippen LogP contribution >= 0.6 is 23.2 Å². The predicted octanol–water partition coefficient (Wildman–Crippen LogP) is 6.34. The Morgan fingerprint density at radius 1 is 1.14 bits per heavy atom. The normalized spacial score (nSPS) is 10.9. The molecule has 3 rings (SSSR count). The summed E-state index contributed by atoms with van der Waals surface area (Å²) in [5.74, 6) is 0.0146. The number of nitro benzene ring substituents is 1. The molecule has 0 saturated carbocycles. The fourth-order valence-corrected chi connectivity index (χ4v) is 3.55. The van der Waals surface area contributed by atoms with Crippen molar-refractivity contribution in [2.45, 2.75) is 13.5 Å². The highest BCUT2D eigenvalue weighted by Crippen LogP contribution is 2.31. The Balaban J connectivity index is 1.80. The number of ether oxygens (including phenoxy) is 2. The van der Waals surface area contributed by atoms with Gasteiger partial charge >= 0.3 is 0 Å². The minimum atomic E-state index is -0.781. The molecule has 1 amide bonds. The summed E-state index contributed by atoms with van der Waals surface area (Å²) in [4.78, 5) is 23.3. The average molecular weight is 512 g/mol. The third-order valence-corrected chi connectivity index (χ3v) is 5.45. The van der Waals surface area contributed by atoms with Crippen LogP contribution in [-0.2, 0) is 11.4 Å². The first-order valence-corrected chi connectivity index (χ1v) is 10.9. The van der Waals surface area contributed by atoms with Gasteiger partial charge in [-0.05, 0) is 54.5 Å². The van der Waals surface area contributed by atoms with Crippen molar-refractivity contribution in [1.82, 2.24) is 0 Å². The number of hydrogen-bond donors (Lipinski definition) is 1. The fraction of sp³-hybridized carbons (Fsp3) is 0.120. The molecular weight excluding hydrogens is 493 g/mol. The van der Waals surface area contributed by atoms with E-state index in [1.54, 1.807) is 49.4 Å². The molecule has 0 aliphatic carbocycles. The third kappa shape index (κ3) is 6.51. The van der Waals surface area contributed by atoms with E-state index in [-0.39, 0.29) is 23.6 Å². The van der Waals surface area contributed by atoms with Crippen LogP contribution in [0.25, 0.3) is 6.08 Å². The molecule has 0 aromatic heterocycles. The quantitative estimate of drug-likeness (QED) is 0.163. The Hall–Kier alpha value is -4.06. The van der Waals surface area contributed by atoms with Gasteiger partial charge in [-0.3, -0.25) is 14.9 Å². The molecule has 35 heavy (non-hydrogen) atoms. The standard InChI is InChI=1S/C25H19Cl2N3O5/c1-15-3-7-21(22(9-15)30(32)33)29-25(31)18(13-28)10-16-4-8-23(24(11-16)34-2)35-14-17-5-6-19(26)12-20(17)27/h3-12H,14H2,1-2H3,(H,29,31)/b18-10+. The number of carbonyl (C=O) groups is 1. The van der Waals surface area contributed by atoms with Crippen LogP contribution in [0.2, 0.25) is 10.0 Å². The smallest absolute Gasteiger partial charge is 0.293 e. The monoisotopic (exact) mass is 511 g/mol. The summed E-state index contributed by atoms with van der Waals surface area (Å²) in [6.07, 6.45) is 1.34. The summed E-state index contributed by atoms with van der Waals surface area (Å²) in [6.45, 7) is 1.87. The molecule has 0 aliphatic rings. The van der Waals surface area contributed by atoms with Crippen molar-refractivity contribution < 1.29 is 19.2 Å². The van der Waals surface area contributed by atoms with E-state index >= 15 is 0 Å². The molecule has 3 aromatic carbocycles. The number of nitrogens with zero attached hydrogens (tertiary/aromatic N) is 2. The number of methoxy groups -OCH3 is 1. The minimum absolute atomic E-state index is 0.00561. The van der Waals surface area contributed by atoms with Gasteiger partial charge in [-0.25, -0.2) is 0 Å². The number of hydrogen-bond acceptors (Lipinski definition) is 6. The summed E-state index contributed by atoms with van der Waals surface area (Å²) in [7, 11) is 1.46. The summed E-state index contributed by atoms with van der Waals surface area (Å²) in [5.41, 5.74) is 1.37. The minimum Gasteiger partial charge on any atom is -0.493 e. The maximum absolute atomic E-state index is 12.6. The molecule has 0 radical (unpaired) electrons. The van der Waals surface area contributed by atoms with Gasteiger partial charge in [-0.2, -0.15) is 5.26 Å². The maximum Gasteiger partial charge on any atom is 0.293 e. The van der Waals surface area contributed by atoms with Gasteiger partial charge in [0.25, 0.3) is 11.6 Å². The van der Waals surface area contributed by atoms with Crippen LogP contribution in [0, 0.1) is 28.4 Å². The number of anilines is 1. The van der Waals surface area contributed by atoms with Crippen LogP contribution in [0.3, 0.4) is 0 Å². The topological polar surface area (TPSA) is 114 Å². The molecule has 178 valence electrons. The first-order chi connectivity index (χ1) is 16.7. The van der Waals surface area contributed by atoms with Crippen molar-refractivity contribution in [3.8, 4) is 17.6 Å². The maximum atomic E-state index is 12.6. The molecule has 10 heteroatoms. The molecule has 0 spiro atoms. The zero-order chi connectivity index (χ0) is 25.5. The summed E-state index contributed by atoms with van der Waals surface area (Å²) >= 11 is 12.1. The van der Waals surface area contributed by atoms with Crippen LogP contribution in [0.5, 0.6) is 11.5 Å². The second kappa shape index (κ2) is 11.4. The second-order valence-electron chi connectivity index (χ2n) is 7.34. The lowest BCUT2D eigenvalue weighted by molar-refractivity contribution is -0.384. The fourth-order valence-electron chi connectivity index (χ4n) is 3.09. The summed E-state index contributed by atoms with van der Waals surface area (Å²) in [6, 6.07) is 16.1. The van der Waals surface area contributed by atoms with E-state index in [1.165, 1.54) is 25.3 Å². The molecule has 0 atom stereocenters. The number of carbonyl (C=O) groups excluding carboxylic acids is 1. The number of nitro groups is 1. The van der Waals surface area contributed by atoms with Gasteiger partial charge < -0.3 is 14.8 Å². The van der Waals surface area contributed by atoms with Gasteiger partial charge in [-0.1, -0.05) is 41.4 Å². The van der Waals surface area contributed by atoms with E-state index in [4.69, 9.17) is 32.7 Å². The highest BCUT2D eigenvalue weighted by atomic mass is 35.5. The van der Waals surface area contributed by atoms with Crippen molar-refractivity contribution in [2.24, 2.45) is 0 Å². The number of rotatable bonds is 8. The van der Waals surface area contributed by atoms with E-state index in [2.05, 4.69) is 5.32 Å².